The molecule has 0 spiro atoms. The second-order valence-corrected chi connectivity index (χ2v) is 5.78. The van der Waals surface area contributed by atoms with E-state index in [0.29, 0.717) is 12.1 Å². The highest BCUT2D eigenvalue weighted by Crippen LogP contribution is 2.10. The first-order valence-electron chi connectivity index (χ1n) is 7.91. The highest BCUT2D eigenvalue weighted by molar-refractivity contribution is 6.30. The minimum Gasteiger partial charge on any atom is -0.370 e. The van der Waals surface area contributed by atoms with Gasteiger partial charge in [-0.1, -0.05) is 37.1 Å². The molecule has 0 aliphatic heterocycles. The number of pyridine rings is 1. The summed E-state index contributed by atoms with van der Waals surface area (Å²) in [6, 6.07) is 11.2. The maximum atomic E-state index is 12.2. The fraction of sp³-hybridized carbons (Fsp3) is 0.333. The van der Waals surface area contributed by atoms with Crippen LogP contribution in [-0.2, 0) is 6.42 Å². The number of aromatic nitrogens is 1. The van der Waals surface area contributed by atoms with E-state index in [2.05, 4.69) is 22.5 Å². The average Bonchev–Trinajstić information content (AvgIpc) is 2.57. The van der Waals surface area contributed by atoms with Crippen LogP contribution in [0.1, 0.15) is 35.7 Å². The van der Waals surface area contributed by atoms with Crippen molar-refractivity contribution in [2.75, 3.05) is 18.4 Å². The number of rotatable bonds is 8. The minimum absolute atomic E-state index is 0.0834. The van der Waals surface area contributed by atoms with E-state index in [1.54, 1.807) is 18.3 Å². The van der Waals surface area contributed by atoms with Gasteiger partial charge in [0.15, 0.2) is 0 Å². The predicted molar refractivity (Wildman–Crippen MR) is 95.1 cm³/mol. The summed E-state index contributed by atoms with van der Waals surface area (Å²) in [6.07, 6.45) is 4.63. The summed E-state index contributed by atoms with van der Waals surface area (Å²) in [7, 11) is 0. The molecule has 0 saturated heterocycles. The Labute approximate surface area is 142 Å². The summed E-state index contributed by atoms with van der Waals surface area (Å²) < 4.78 is 0. The molecule has 0 aliphatic carbocycles. The summed E-state index contributed by atoms with van der Waals surface area (Å²) in [5.74, 6) is 0.656. The van der Waals surface area contributed by atoms with Gasteiger partial charge >= 0.3 is 0 Å². The molecule has 4 nitrogen and oxygen atoms in total. The number of benzene rings is 1. The van der Waals surface area contributed by atoms with Crippen LogP contribution < -0.4 is 10.6 Å². The van der Waals surface area contributed by atoms with Gasteiger partial charge in [-0.15, -0.1) is 0 Å². The molecule has 1 aromatic carbocycles. The van der Waals surface area contributed by atoms with Crippen LogP contribution in [0, 0.1) is 0 Å². The van der Waals surface area contributed by atoms with Crippen molar-refractivity contribution >= 4 is 23.3 Å². The van der Waals surface area contributed by atoms with Gasteiger partial charge < -0.3 is 10.6 Å². The van der Waals surface area contributed by atoms with E-state index in [1.807, 2.05) is 24.3 Å². The van der Waals surface area contributed by atoms with Crippen molar-refractivity contribution in [2.24, 2.45) is 0 Å². The molecule has 0 radical (unpaired) electrons. The second kappa shape index (κ2) is 9.16. The lowest BCUT2D eigenvalue weighted by Crippen LogP contribution is -2.25. The molecule has 0 aliphatic rings. The Morgan fingerprint density at radius 2 is 1.96 bits per heavy atom. The molecular weight excluding hydrogens is 310 g/mol. The number of nitrogens with one attached hydrogen (secondary N) is 2. The standard InChI is InChI=1S/C18H22ClN3O/c1-2-3-10-20-17-13-15(9-12-21-17)18(23)22-11-8-14-4-6-16(19)7-5-14/h4-7,9,12-13H,2-3,8,10-11H2,1H3,(H,20,21)(H,22,23). The van der Waals surface area contributed by atoms with Crippen molar-refractivity contribution in [2.45, 2.75) is 26.2 Å². The van der Waals surface area contributed by atoms with Crippen LogP contribution in [0.4, 0.5) is 5.82 Å². The van der Waals surface area contributed by atoms with Gasteiger partial charge in [0, 0.05) is 29.9 Å². The second-order valence-electron chi connectivity index (χ2n) is 5.34. The molecule has 23 heavy (non-hydrogen) atoms. The molecule has 2 rings (SSSR count). The Morgan fingerprint density at radius 3 is 2.70 bits per heavy atom. The van der Waals surface area contributed by atoms with Crippen LogP contribution in [0.15, 0.2) is 42.6 Å². The average molecular weight is 332 g/mol. The molecular formula is C18H22ClN3O. The van der Waals surface area contributed by atoms with Crippen molar-refractivity contribution in [3.05, 3.63) is 58.7 Å². The molecule has 2 N–H and O–H groups in total. The summed E-state index contributed by atoms with van der Waals surface area (Å²) >= 11 is 5.85. The Bertz CT molecular complexity index is 628. The Hall–Kier alpha value is -2.07. The highest BCUT2D eigenvalue weighted by atomic mass is 35.5. The third-order valence-corrected chi connectivity index (χ3v) is 3.72. The molecule has 0 bridgehead atoms. The van der Waals surface area contributed by atoms with E-state index in [0.717, 1.165) is 42.2 Å². The third kappa shape index (κ3) is 5.91. The molecule has 0 saturated carbocycles. The molecule has 1 aromatic heterocycles. The van der Waals surface area contributed by atoms with E-state index in [-0.39, 0.29) is 5.91 Å². The Balaban J connectivity index is 1.82. The normalized spacial score (nSPS) is 10.3. The lowest BCUT2D eigenvalue weighted by Gasteiger charge is -2.08. The van der Waals surface area contributed by atoms with Crippen LogP contribution in [0.25, 0.3) is 0 Å². The summed E-state index contributed by atoms with van der Waals surface area (Å²) in [4.78, 5) is 16.4. The van der Waals surface area contributed by atoms with Gasteiger partial charge in [-0.3, -0.25) is 4.79 Å². The predicted octanol–water partition coefficient (Wildman–Crippen LogP) is 3.92. The summed E-state index contributed by atoms with van der Waals surface area (Å²) in [5, 5.41) is 6.87. The molecule has 2 aromatic rings. The minimum atomic E-state index is -0.0834. The zero-order valence-electron chi connectivity index (χ0n) is 13.3. The largest absolute Gasteiger partial charge is 0.370 e. The number of halogens is 1. The van der Waals surface area contributed by atoms with E-state index in [1.165, 1.54) is 0 Å². The van der Waals surface area contributed by atoms with Crippen molar-refractivity contribution in [3.8, 4) is 0 Å². The van der Waals surface area contributed by atoms with E-state index >= 15 is 0 Å². The zero-order valence-corrected chi connectivity index (χ0v) is 14.1. The molecule has 0 fully saturated rings. The fourth-order valence-corrected chi connectivity index (χ4v) is 2.26. The number of unbranched alkanes of at least 4 members (excludes halogenated alkanes) is 1. The first-order chi connectivity index (χ1) is 11.2. The molecule has 1 amide bonds. The van der Waals surface area contributed by atoms with Crippen LogP contribution in [0.3, 0.4) is 0 Å². The molecule has 122 valence electrons. The smallest absolute Gasteiger partial charge is 0.251 e. The number of nitrogens with zero attached hydrogens (tertiary/aromatic N) is 1. The van der Waals surface area contributed by atoms with Gasteiger partial charge in [0.25, 0.3) is 5.91 Å². The van der Waals surface area contributed by atoms with Crippen LogP contribution in [-0.4, -0.2) is 24.0 Å². The number of anilines is 1. The van der Waals surface area contributed by atoms with E-state index in [4.69, 9.17) is 11.6 Å². The molecule has 1 heterocycles. The first kappa shape index (κ1) is 17.3. The van der Waals surface area contributed by atoms with E-state index < -0.39 is 0 Å². The van der Waals surface area contributed by atoms with Crippen molar-refractivity contribution < 1.29 is 4.79 Å². The van der Waals surface area contributed by atoms with Crippen LogP contribution in [0.2, 0.25) is 5.02 Å². The lowest BCUT2D eigenvalue weighted by atomic mass is 10.1. The molecule has 0 atom stereocenters. The van der Waals surface area contributed by atoms with Gasteiger partial charge in [0.2, 0.25) is 0 Å². The van der Waals surface area contributed by atoms with Gasteiger partial charge in [-0.2, -0.15) is 0 Å². The van der Waals surface area contributed by atoms with E-state index in [9.17, 15) is 4.79 Å². The topological polar surface area (TPSA) is 54.0 Å². The van der Waals surface area contributed by atoms with Crippen LogP contribution in [0.5, 0.6) is 0 Å². The number of hydrogen-bond donors (Lipinski definition) is 2. The van der Waals surface area contributed by atoms with Gasteiger partial charge in [-0.25, -0.2) is 4.98 Å². The summed E-state index contributed by atoms with van der Waals surface area (Å²) in [6.45, 7) is 3.59. The van der Waals surface area contributed by atoms with Crippen molar-refractivity contribution in [1.29, 1.82) is 0 Å². The number of hydrogen-bond acceptors (Lipinski definition) is 3. The van der Waals surface area contributed by atoms with Crippen molar-refractivity contribution in [1.82, 2.24) is 10.3 Å². The first-order valence-corrected chi connectivity index (χ1v) is 8.29. The van der Waals surface area contributed by atoms with Gasteiger partial charge in [0.05, 0.1) is 0 Å². The highest BCUT2D eigenvalue weighted by Gasteiger charge is 2.06. The maximum Gasteiger partial charge on any atom is 0.251 e. The SMILES string of the molecule is CCCCNc1cc(C(=O)NCCc2ccc(Cl)cc2)ccn1. The Morgan fingerprint density at radius 1 is 1.17 bits per heavy atom. The van der Waals surface area contributed by atoms with Gasteiger partial charge in [-0.05, 0) is 42.7 Å². The lowest BCUT2D eigenvalue weighted by molar-refractivity contribution is 0.0954. The number of amides is 1. The fourth-order valence-electron chi connectivity index (χ4n) is 2.14. The quantitative estimate of drug-likeness (QED) is 0.721. The number of carbonyl (C=O) groups is 1. The van der Waals surface area contributed by atoms with Gasteiger partial charge in [0.1, 0.15) is 5.82 Å². The van der Waals surface area contributed by atoms with Crippen LogP contribution >= 0.6 is 11.6 Å². The summed E-state index contributed by atoms with van der Waals surface area (Å²) in [5.41, 5.74) is 1.77. The number of carbonyl (C=O) groups excluding carboxylic acids is 1. The third-order valence-electron chi connectivity index (χ3n) is 3.47. The zero-order chi connectivity index (χ0) is 16.5. The molecule has 5 heteroatoms. The monoisotopic (exact) mass is 331 g/mol. The molecule has 0 unspecified atom stereocenters. The van der Waals surface area contributed by atoms with Crippen molar-refractivity contribution in [3.63, 3.8) is 0 Å². The maximum absolute atomic E-state index is 12.2. The Kier molecular flexibility index (Phi) is 6.88.